The molecule has 0 bridgehead atoms. The van der Waals surface area contributed by atoms with Crippen molar-refractivity contribution >= 4 is 0 Å². The largest absolute Gasteiger partial charge is 0.394 e. The van der Waals surface area contributed by atoms with Crippen LogP contribution in [0, 0.1) is 0 Å². The maximum atomic E-state index is 9.55. The van der Waals surface area contributed by atoms with E-state index in [0.29, 0.717) is 6.54 Å². The van der Waals surface area contributed by atoms with Crippen LogP contribution in [0.25, 0.3) is 0 Å². The summed E-state index contributed by atoms with van der Waals surface area (Å²) in [6.45, 7) is 3.51. The quantitative estimate of drug-likeness (QED) is 0.299. The van der Waals surface area contributed by atoms with Crippen LogP contribution in [0.4, 0.5) is 0 Å². The van der Waals surface area contributed by atoms with Crippen molar-refractivity contribution in [3.63, 3.8) is 0 Å². The minimum absolute atomic E-state index is 0.127. The van der Waals surface area contributed by atoms with Crippen LogP contribution in [0.1, 0.15) is 0 Å². The van der Waals surface area contributed by atoms with Gasteiger partial charge in [0.1, 0.15) is 18.3 Å². The molecule has 4 atom stereocenters. The minimum Gasteiger partial charge on any atom is -0.394 e. The van der Waals surface area contributed by atoms with Crippen molar-refractivity contribution in [3.05, 3.63) is 12.7 Å². The maximum Gasteiger partial charge on any atom is 0.111 e. The van der Waals surface area contributed by atoms with Gasteiger partial charge in [-0.1, -0.05) is 6.08 Å². The van der Waals surface area contributed by atoms with Crippen LogP contribution in [0.15, 0.2) is 12.7 Å². The number of aliphatic hydroxyl groups excluding tert-OH is 5. The molecule has 0 aromatic rings. The van der Waals surface area contributed by atoms with E-state index < -0.39 is 31.0 Å². The predicted molar refractivity (Wildman–Crippen MR) is 58.8 cm³/mol. The smallest absolute Gasteiger partial charge is 0.111 e. The van der Waals surface area contributed by atoms with Crippen molar-refractivity contribution in [2.24, 2.45) is 0 Å². The summed E-state index contributed by atoms with van der Waals surface area (Å²) in [6.07, 6.45) is -4.11. The molecule has 0 aromatic heterocycles. The summed E-state index contributed by atoms with van der Waals surface area (Å²) >= 11 is 0. The molecule has 6 nitrogen and oxygen atoms in total. The van der Waals surface area contributed by atoms with Gasteiger partial charge >= 0.3 is 0 Å². The number of hydrogen-bond acceptors (Lipinski definition) is 6. The normalized spacial score (nSPS) is 19.2. The number of aliphatic hydroxyl groups is 5. The standard InChI is InChI=1S/C10H21NO5/c1-3-4-11(2)5-7(13)9(15)10(16)8(14)6-12/h3,7-10,12-16H,1,4-6H2,2H3/t7-,8+,9+,10+/m0/s1. The van der Waals surface area contributed by atoms with Crippen molar-refractivity contribution in [2.75, 3.05) is 26.7 Å². The van der Waals surface area contributed by atoms with Gasteiger partial charge in [-0.2, -0.15) is 0 Å². The molecular formula is C10H21NO5. The van der Waals surface area contributed by atoms with E-state index in [1.807, 2.05) is 0 Å². The van der Waals surface area contributed by atoms with Crippen molar-refractivity contribution in [2.45, 2.75) is 24.4 Å². The average Bonchev–Trinajstić information content (AvgIpc) is 2.26. The number of nitrogens with zero attached hydrogens (tertiary/aromatic N) is 1. The van der Waals surface area contributed by atoms with Gasteiger partial charge in [0.15, 0.2) is 0 Å². The molecule has 0 saturated carbocycles. The first-order valence-electron chi connectivity index (χ1n) is 5.06. The molecule has 0 amide bonds. The zero-order chi connectivity index (χ0) is 12.7. The Kier molecular flexibility index (Phi) is 7.48. The van der Waals surface area contributed by atoms with E-state index in [-0.39, 0.29) is 6.54 Å². The fraction of sp³-hybridized carbons (Fsp3) is 0.800. The van der Waals surface area contributed by atoms with E-state index in [1.54, 1.807) is 18.0 Å². The fourth-order valence-electron chi connectivity index (χ4n) is 1.29. The molecule has 0 heterocycles. The minimum atomic E-state index is -1.57. The zero-order valence-corrected chi connectivity index (χ0v) is 9.40. The Bertz CT molecular complexity index is 202. The second-order valence-corrected chi connectivity index (χ2v) is 3.81. The third kappa shape index (κ3) is 5.02. The highest BCUT2D eigenvalue weighted by atomic mass is 16.4. The topological polar surface area (TPSA) is 104 Å². The van der Waals surface area contributed by atoms with Crippen molar-refractivity contribution in [1.82, 2.24) is 4.90 Å². The Balaban J connectivity index is 4.15. The number of hydrogen-bond donors (Lipinski definition) is 5. The molecule has 0 aromatic carbocycles. The maximum absolute atomic E-state index is 9.55. The monoisotopic (exact) mass is 235 g/mol. The first-order chi connectivity index (χ1) is 7.43. The third-order valence-corrected chi connectivity index (χ3v) is 2.26. The van der Waals surface area contributed by atoms with Gasteiger partial charge in [0.25, 0.3) is 0 Å². The van der Waals surface area contributed by atoms with Crippen LogP contribution in [-0.4, -0.2) is 81.6 Å². The van der Waals surface area contributed by atoms with Crippen LogP contribution in [0.3, 0.4) is 0 Å². The molecule has 0 aliphatic heterocycles. The van der Waals surface area contributed by atoms with E-state index in [2.05, 4.69) is 6.58 Å². The summed E-state index contributed by atoms with van der Waals surface area (Å²) in [5, 5.41) is 46.0. The van der Waals surface area contributed by atoms with E-state index in [9.17, 15) is 15.3 Å². The van der Waals surface area contributed by atoms with E-state index >= 15 is 0 Å². The van der Waals surface area contributed by atoms with Crippen LogP contribution in [0.2, 0.25) is 0 Å². The molecule has 0 radical (unpaired) electrons. The van der Waals surface area contributed by atoms with Gasteiger partial charge in [0.05, 0.1) is 12.7 Å². The number of likely N-dealkylation sites (N-methyl/N-ethyl adjacent to an activating group) is 1. The molecular weight excluding hydrogens is 214 g/mol. The Morgan fingerprint density at radius 1 is 1.12 bits per heavy atom. The molecule has 5 N–H and O–H groups in total. The molecule has 0 spiro atoms. The molecule has 0 aliphatic rings. The van der Waals surface area contributed by atoms with Crippen molar-refractivity contribution in [1.29, 1.82) is 0 Å². The predicted octanol–water partition coefficient (Wildman–Crippen LogP) is -2.46. The van der Waals surface area contributed by atoms with Crippen LogP contribution in [0.5, 0.6) is 0 Å². The van der Waals surface area contributed by atoms with E-state index in [1.165, 1.54) is 0 Å². The van der Waals surface area contributed by atoms with Gasteiger partial charge in [0, 0.05) is 13.1 Å². The van der Waals surface area contributed by atoms with Gasteiger partial charge in [-0.25, -0.2) is 0 Å². The first kappa shape index (κ1) is 15.5. The summed E-state index contributed by atoms with van der Waals surface area (Å²) < 4.78 is 0. The van der Waals surface area contributed by atoms with Crippen molar-refractivity contribution in [3.8, 4) is 0 Å². The Morgan fingerprint density at radius 3 is 2.06 bits per heavy atom. The molecule has 6 heteroatoms. The summed E-state index contributed by atoms with van der Waals surface area (Å²) in [7, 11) is 1.71. The molecule has 0 saturated heterocycles. The van der Waals surface area contributed by atoms with Crippen molar-refractivity contribution < 1.29 is 25.5 Å². The Labute approximate surface area is 95.1 Å². The van der Waals surface area contributed by atoms with Gasteiger partial charge in [0.2, 0.25) is 0 Å². The molecule has 96 valence electrons. The highest BCUT2D eigenvalue weighted by Gasteiger charge is 2.30. The lowest BCUT2D eigenvalue weighted by Gasteiger charge is -2.28. The molecule has 16 heavy (non-hydrogen) atoms. The summed E-state index contributed by atoms with van der Waals surface area (Å²) in [6, 6.07) is 0. The molecule has 0 unspecified atom stereocenters. The van der Waals surface area contributed by atoms with Gasteiger partial charge in [-0.3, -0.25) is 0 Å². The van der Waals surface area contributed by atoms with Gasteiger partial charge in [-0.15, -0.1) is 6.58 Å². The summed E-state index contributed by atoms with van der Waals surface area (Å²) in [5.74, 6) is 0. The van der Waals surface area contributed by atoms with E-state index in [4.69, 9.17) is 10.2 Å². The zero-order valence-electron chi connectivity index (χ0n) is 9.40. The van der Waals surface area contributed by atoms with Gasteiger partial charge < -0.3 is 30.4 Å². The third-order valence-electron chi connectivity index (χ3n) is 2.26. The average molecular weight is 235 g/mol. The number of rotatable bonds is 8. The molecule has 0 rings (SSSR count). The van der Waals surface area contributed by atoms with Crippen LogP contribution in [-0.2, 0) is 0 Å². The Hall–Kier alpha value is -0.500. The molecule has 0 aliphatic carbocycles. The second kappa shape index (κ2) is 7.72. The highest BCUT2D eigenvalue weighted by Crippen LogP contribution is 2.06. The van der Waals surface area contributed by atoms with Crippen LogP contribution >= 0.6 is 0 Å². The highest BCUT2D eigenvalue weighted by molar-refractivity contribution is 4.83. The fourth-order valence-corrected chi connectivity index (χ4v) is 1.29. The molecule has 0 fully saturated rings. The summed E-state index contributed by atoms with van der Waals surface area (Å²) in [5.41, 5.74) is 0. The summed E-state index contributed by atoms with van der Waals surface area (Å²) in [4.78, 5) is 1.69. The lowest BCUT2D eigenvalue weighted by Crippen LogP contribution is -2.49. The SMILES string of the molecule is C=CCN(C)C[C@H](O)[C@@H](O)[C@H](O)[C@H](O)CO. The second-order valence-electron chi connectivity index (χ2n) is 3.81. The van der Waals surface area contributed by atoms with Gasteiger partial charge in [-0.05, 0) is 7.05 Å². The first-order valence-corrected chi connectivity index (χ1v) is 5.06. The lowest BCUT2D eigenvalue weighted by molar-refractivity contribution is -0.118. The lowest BCUT2D eigenvalue weighted by atomic mass is 10.0. The van der Waals surface area contributed by atoms with Crippen LogP contribution < -0.4 is 0 Å². The van der Waals surface area contributed by atoms with E-state index in [0.717, 1.165) is 0 Å². The Morgan fingerprint density at radius 2 is 1.62 bits per heavy atom.